The van der Waals surface area contributed by atoms with Gasteiger partial charge in [0.15, 0.2) is 0 Å². The van der Waals surface area contributed by atoms with Crippen molar-refractivity contribution in [3.63, 3.8) is 0 Å². The van der Waals surface area contributed by atoms with Crippen molar-refractivity contribution in [3.8, 4) is 17.6 Å². The Balaban J connectivity index is 1.84. The summed E-state index contributed by atoms with van der Waals surface area (Å²) in [4.78, 5) is 41.0. The fourth-order valence-electron chi connectivity index (χ4n) is 2.50. The monoisotopic (exact) mass is 475 g/mol. The number of ether oxygens (including phenoxy) is 1. The normalized spacial score (nSPS) is 20.0. The first-order chi connectivity index (χ1) is 14.7. The van der Waals surface area contributed by atoms with E-state index in [1.807, 2.05) is 0 Å². The van der Waals surface area contributed by atoms with Crippen molar-refractivity contribution in [2.75, 3.05) is 18.5 Å². The number of aldehydes is 1. The van der Waals surface area contributed by atoms with Crippen molar-refractivity contribution in [1.29, 1.82) is 0 Å². The van der Waals surface area contributed by atoms with Gasteiger partial charge in [-0.05, 0) is 43.5 Å². The number of carbonyl (C=O) groups excluding carboxylic acids is 2. The summed E-state index contributed by atoms with van der Waals surface area (Å²) >= 11 is 0. The highest BCUT2D eigenvalue weighted by Crippen LogP contribution is 2.60. The maximum atomic E-state index is 12.0. The van der Waals surface area contributed by atoms with Crippen LogP contribution in [0.25, 0.3) is 0 Å². The zero-order valence-corrected chi connectivity index (χ0v) is 18.3. The van der Waals surface area contributed by atoms with Crippen molar-refractivity contribution in [3.05, 3.63) is 24.3 Å². The second-order valence-corrected chi connectivity index (χ2v) is 9.33. The number of anilines is 1. The number of phosphoric ester groups is 2. The average Bonchev–Trinajstić information content (AvgIpc) is 2.66. The Kier molecular flexibility index (Phi) is 9.88. The van der Waals surface area contributed by atoms with Crippen LogP contribution in [0.4, 0.5) is 5.69 Å². The molecule has 0 fully saturated rings. The van der Waals surface area contributed by atoms with Gasteiger partial charge in [0.1, 0.15) is 31.4 Å². The first kappa shape index (κ1) is 25.2. The van der Waals surface area contributed by atoms with Gasteiger partial charge in [-0.25, -0.2) is 9.13 Å². The van der Waals surface area contributed by atoms with E-state index in [0.29, 0.717) is 5.69 Å². The number of phosphoric acid groups is 2. The molecule has 3 atom stereocenters. The van der Waals surface area contributed by atoms with E-state index in [9.17, 15) is 28.5 Å². The van der Waals surface area contributed by atoms with E-state index >= 15 is 0 Å². The first-order valence-corrected chi connectivity index (χ1v) is 12.3. The van der Waals surface area contributed by atoms with Gasteiger partial charge in [0.05, 0.1) is 0 Å². The maximum Gasteiger partial charge on any atom is 0.536 e. The van der Waals surface area contributed by atoms with Crippen LogP contribution in [0.3, 0.4) is 0 Å². The molecule has 0 bridgehead atoms. The summed E-state index contributed by atoms with van der Waals surface area (Å²) in [5.74, 6) is 5.45. The third kappa shape index (κ3) is 10.2. The van der Waals surface area contributed by atoms with Crippen LogP contribution in [0.5, 0.6) is 5.75 Å². The molecule has 13 heteroatoms. The van der Waals surface area contributed by atoms with Crippen LogP contribution in [0.1, 0.15) is 32.1 Å². The van der Waals surface area contributed by atoms with E-state index in [1.165, 1.54) is 24.3 Å². The van der Waals surface area contributed by atoms with Crippen LogP contribution in [0.2, 0.25) is 0 Å². The molecule has 0 saturated carbocycles. The predicted octanol–water partition coefficient (Wildman–Crippen LogP) is 2.79. The van der Waals surface area contributed by atoms with Gasteiger partial charge in [-0.1, -0.05) is 12.3 Å². The molecular weight excluding hydrogens is 452 g/mol. The summed E-state index contributed by atoms with van der Waals surface area (Å²) in [6.45, 7) is -0.983. The molecule has 2 rings (SSSR count). The quantitative estimate of drug-likeness (QED) is 0.247. The van der Waals surface area contributed by atoms with Crippen LogP contribution in [0.15, 0.2) is 24.3 Å². The Morgan fingerprint density at radius 1 is 1.16 bits per heavy atom. The van der Waals surface area contributed by atoms with Crippen LogP contribution in [-0.4, -0.2) is 41.3 Å². The van der Waals surface area contributed by atoms with Gasteiger partial charge >= 0.3 is 15.6 Å². The van der Waals surface area contributed by atoms with Gasteiger partial charge in [-0.2, -0.15) is 4.31 Å². The Morgan fingerprint density at radius 2 is 1.90 bits per heavy atom. The topological polar surface area (TPSA) is 158 Å². The van der Waals surface area contributed by atoms with Gasteiger partial charge in [-0.15, -0.1) is 5.92 Å². The lowest BCUT2D eigenvalue weighted by molar-refractivity contribution is -0.121. The number of benzene rings is 1. The Labute approximate surface area is 179 Å². The van der Waals surface area contributed by atoms with Crippen molar-refractivity contribution >= 4 is 33.5 Å². The molecule has 0 spiro atoms. The summed E-state index contributed by atoms with van der Waals surface area (Å²) in [6, 6.07) is 5.23. The van der Waals surface area contributed by atoms with Crippen LogP contribution in [0, 0.1) is 11.8 Å². The number of rotatable bonds is 11. The maximum absolute atomic E-state index is 12.0. The minimum atomic E-state index is -5.03. The second-order valence-electron chi connectivity index (χ2n) is 6.37. The standard InChI is InChI=1S/C18H23NO10P2/c20-12-13-27-30(22,23)29-31(24,25)28-17-10-8-15(9-11-17)19-18(21)14-26-16-6-4-2-1-3-5-7-16/h8-12,16H,1-4,6,13-14H2,(H,19,21)(H,22,23)(H,24,25). The smallest absolute Gasteiger partial charge is 0.404 e. The van der Waals surface area contributed by atoms with Crippen molar-refractivity contribution in [2.45, 2.75) is 38.2 Å². The number of amides is 1. The fourth-order valence-corrected chi connectivity index (χ4v) is 4.51. The van der Waals surface area contributed by atoms with E-state index in [2.05, 4.69) is 30.5 Å². The molecule has 0 saturated heterocycles. The SMILES string of the molecule is O=CCOP(=O)(O)OP(=O)(O)Oc1ccc(NC(=O)COC2C#CCCCCC2)cc1. The van der Waals surface area contributed by atoms with Gasteiger partial charge in [0.25, 0.3) is 0 Å². The minimum absolute atomic E-state index is 0.165. The predicted molar refractivity (Wildman–Crippen MR) is 109 cm³/mol. The first-order valence-electron chi connectivity index (χ1n) is 9.34. The highest BCUT2D eigenvalue weighted by Gasteiger charge is 2.36. The Hall–Kier alpha value is -2.02. The summed E-state index contributed by atoms with van der Waals surface area (Å²) < 4.78 is 41.6. The van der Waals surface area contributed by atoms with Gasteiger partial charge in [0, 0.05) is 12.1 Å². The minimum Gasteiger partial charge on any atom is -0.404 e. The van der Waals surface area contributed by atoms with Crippen molar-refractivity contribution in [2.24, 2.45) is 0 Å². The van der Waals surface area contributed by atoms with E-state index in [4.69, 9.17) is 4.74 Å². The molecule has 0 aliphatic heterocycles. The van der Waals surface area contributed by atoms with Crippen LogP contribution in [-0.2, 0) is 32.3 Å². The Morgan fingerprint density at radius 3 is 2.61 bits per heavy atom. The summed E-state index contributed by atoms with van der Waals surface area (Å²) in [5.41, 5.74) is 0.362. The molecule has 1 aromatic carbocycles. The van der Waals surface area contributed by atoms with Gasteiger partial charge in [-0.3, -0.25) is 14.2 Å². The molecule has 31 heavy (non-hydrogen) atoms. The lowest BCUT2D eigenvalue weighted by atomic mass is 10.1. The van der Waals surface area contributed by atoms with E-state index < -0.39 is 28.2 Å². The number of carbonyl (C=O) groups is 2. The van der Waals surface area contributed by atoms with E-state index in [0.717, 1.165) is 32.1 Å². The fraction of sp³-hybridized carbons (Fsp3) is 0.444. The van der Waals surface area contributed by atoms with Crippen LogP contribution >= 0.6 is 15.6 Å². The van der Waals surface area contributed by atoms with Gasteiger partial charge < -0.3 is 24.3 Å². The summed E-state index contributed by atoms with van der Waals surface area (Å²) in [7, 11) is -10.00. The average molecular weight is 475 g/mol. The third-order valence-corrected chi connectivity index (χ3v) is 6.39. The van der Waals surface area contributed by atoms with Crippen LogP contribution < -0.4 is 9.84 Å². The van der Waals surface area contributed by atoms with E-state index in [1.54, 1.807) is 0 Å². The molecule has 11 nitrogen and oxygen atoms in total. The van der Waals surface area contributed by atoms with E-state index in [-0.39, 0.29) is 24.7 Å². The van der Waals surface area contributed by atoms with Crippen molar-refractivity contribution < 1.29 is 46.6 Å². The molecule has 1 aromatic rings. The van der Waals surface area contributed by atoms with Gasteiger partial charge in [0.2, 0.25) is 5.91 Å². The molecular formula is C18H23NO10P2. The molecule has 0 aromatic heterocycles. The highest BCUT2D eigenvalue weighted by atomic mass is 31.3. The summed E-state index contributed by atoms with van der Waals surface area (Å²) in [5, 5.41) is 2.59. The zero-order valence-electron chi connectivity index (χ0n) is 16.5. The molecule has 0 heterocycles. The molecule has 1 aliphatic carbocycles. The Bertz CT molecular complexity index is 908. The molecule has 3 N–H and O–H groups in total. The zero-order chi connectivity index (χ0) is 22.7. The molecule has 3 unspecified atom stereocenters. The number of hydrogen-bond acceptors (Lipinski definition) is 8. The van der Waals surface area contributed by atoms with Crippen molar-refractivity contribution in [1.82, 2.24) is 0 Å². The largest absolute Gasteiger partial charge is 0.536 e. The summed E-state index contributed by atoms with van der Waals surface area (Å²) in [6.07, 6.45) is 4.64. The third-order valence-electron chi connectivity index (χ3n) is 3.82. The number of nitrogens with one attached hydrogen (secondary N) is 1. The lowest BCUT2D eigenvalue weighted by Gasteiger charge is -2.16. The lowest BCUT2D eigenvalue weighted by Crippen LogP contribution is -2.23. The molecule has 1 aliphatic rings. The second kappa shape index (κ2) is 12.1. The molecule has 1 amide bonds. The number of hydrogen-bond donors (Lipinski definition) is 3. The molecule has 170 valence electrons. The highest BCUT2D eigenvalue weighted by molar-refractivity contribution is 7.61. The molecule has 0 radical (unpaired) electrons.